The van der Waals surface area contributed by atoms with Crippen LogP contribution < -0.4 is 0 Å². The molecule has 0 aromatic heterocycles. The quantitative estimate of drug-likeness (QED) is 0.739. The number of Topliss-reactive ketones (excluding diaryl/α,β-unsaturated/α-hetero) is 1. The molecule has 0 saturated carbocycles. The van der Waals surface area contributed by atoms with Crippen molar-refractivity contribution in [3.63, 3.8) is 0 Å². The summed E-state index contributed by atoms with van der Waals surface area (Å²) in [6.07, 6.45) is 0.487. The Hall–Kier alpha value is -1.18. The Labute approximate surface area is 90.3 Å². The molecule has 1 aromatic carbocycles. The van der Waals surface area contributed by atoms with E-state index in [1.54, 1.807) is 13.0 Å². The van der Waals surface area contributed by atoms with Gasteiger partial charge in [0, 0.05) is 6.42 Å². The smallest absolute Gasteiger partial charge is 0.130 e. The van der Waals surface area contributed by atoms with Gasteiger partial charge >= 0.3 is 0 Å². The SMILES string of the molecule is CC(=O)CC(c1cccc(F)c1)C(C)C. The molecule has 15 heavy (non-hydrogen) atoms. The number of ketones is 1. The van der Waals surface area contributed by atoms with Crippen molar-refractivity contribution in [1.29, 1.82) is 0 Å². The molecule has 0 N–H and O–H groups in total. The van der Waals surface area contributed by atoms with Crippen molar-refractivity contribution >= 4 is 5.78 Å². The molecule has 1 atom stereocenters. The highest BCUT2D eigenvalue weighted by molar-refractivity contribution is 5.76. The van der Waals surface area contributed by atoms with Crippen LogP contribution in [-0.4, -0.2) is 5.78 Å². The molecule has 1 nitrogen and oxygen atoms in total. The lowest BCUT2D eigenvalue weighted by atomic mass is 9.85. The van der Waals surface area contributed by atoms with E-state index in [0.717, 1.165) is 5.56 Å². The molecule has 1 aromatic rings. The van der Waals surface area contributed by atoms with Gasteiger partial charge in [-0.1, -0.05) is 26.0 Å². The van der Waals surface area contributed by atoms with Crippen molar-refractivity contribution in [3.05, 3.63) is 35.6 Å². The highest BCUT2D eigenvalue weighted by atomic mass is 19.1. The third-order valence-electron chi connectivity index (χ3n) is 2.59. The third kappa shape index (κ3) is 3.46. The van der Waals surface area contributed by atoms with Crippen molar-refractivity contribution in [2.75, 3.05) is 0 Å². The number of benzene rings is 1. The predicted octanol–water partition coefficient (Wildman–Crippen LogP) is 3.54. The zero-order valence-electron chi connectivity index (χ0n) is 9.46. The average molecular weight is 208 g/mol. The summed E-state index contributed by atoms with van der Waals surface area (Å²) in [4.78, 5) is 11.1. The van der Waals surface area contributed by atoms with E-state index in [4.69, 9.17) is 0 Å². The Kier molecular flexibility index (Phi) is 4.01. The highest BCUT2D eigenvalue weighted by Gasteiger charge is 2.17. The van der Waals surface area contributed by atoms with Gasteiger partial charge in [-0.3, -0.25) is 0 Å². The van der Waals surface area contributed by atoms with Gasteiger partial charge in [-0.25, -0.2) is 4.39 Å². The maximum absolute atomic E-state index is 13.0. The molecule has 0 aliphatic carbocycles. The minimum Gasteiger partial charge on any atom is -0.300 e. The van der Waals surface area contributed by atoms with Crippen molar-refractivity contribution in [2.24, 2.45) is 5.92 Å². The van der Waals surface area contributed by atoms with Crippen LogP contribution in [0.15, 0.2) is 24.3 Å². The van der Waals surface area contributed by atoms with Crippen LogP contribution in [0.3, 0.4) is 0 Å². The van der Waals surface area contributed by atoms with E-state index >= 15 is 0 Å². The first-order valence-electron chi connectivity index (χ1n) is 5.25. The van der Waals surface area contributed by atoms with Crippen molar-refractivity contribution in [3.8, 4) is 0 Å². The lowest BCUT2D eigenvalue weighted by Crippen LogP contribution is -2.11. The minimum atomic E-state index is -0.235. The molecule has 0 aliphatic rings. The summed E-state index contributed by atoms with van der Waals surface area (Å²) in [5, 5.41) is 0. The fourth-order valence-electron chi connectivity index (χ4n) is 1.79. The number of carbonyl (C=O) groups is 1. The lowest BCUT2D eigenvalue weighted by Gasteiger charge is -2.20. The van der Waals surface area contributed by atoms with Crippen molar-refractivity contribution in [2.45, 2.75) is 33.1 Å². The summed E-state index contributed by atoms with van der Waals surface area (Å²) < 4.78 is 13.0. The summed E-state index contributed by atoms with van der Waals surface area (Å²) in [6.45, 7) is 5.69. The first-order chi connectivity index (χ1) is 7.00. The largest absolute Gasteiger partial charge is 0.300 e. The van der Waals surface area contributed by atoms with E-state index in [1.165, 1.54) is 12.1 Å². The van der Waals surface area contributed by atoms with Gasteiger partial charge in [0.1, 0.15) is 11.6 Å². The van der Waals surface area contributed by atoms with Gasteiger partial charge in [0.15, 0.2) is 0 Å². The summed E-state index contributed by atoms with van der Waals surface area (Å²) >= 11 is 0. The molecule has 0 amide bonds. The standard InChI is InChI=1S/C13H17FO/c1-9(2)13(7-10(3)15)11-5-4-6-12(14)8-11/h4-6,8-9,13H,7H2,1-3H3. The summed E-state index contributed by atoms with van der Waals surface area (Å²) in [5.74, 6) is 0.383. The van der Waals surface area contributed by atoms with Gasteiger partial charge < -0.3 is 4.79 Å². The van der Waals surface area contributed by atoms with Gasteiger partial charge in [-0.2, -0.15) is 0 Å². The number of rotatable bonds is 4. The first kappa shape index (κ1) is 11.9. The third-order valence-corrected chi connectivity index (χ3v) is 2.59. The molecule has 0 heterocycles. The van der Waals surface area contributed by atoms with Crippen LogP contribution in [-0.2, 0) is 4.79 Å². The fourth-order valence-corrected chi connectivity index (χ4v) is 1.79. The Morgan fingerprint density at radius 2 is 2.07 bits per heavy atom. The van der Waals surface area contributed by atoms with Gasteiger partial charge in [-0.15, -0.1) is 0 Å². The molecule has 0 spiro atoms. The van der Waals surface area contributed by atoms with Crippen molar-refractivity contribution in [1.82, 2.24) is 0 Å². The van der Waals surface area contributed by atoms with E-state index in [2.05, 4.69) is 13.8 Å². The van der Waals surface area contributed by atoms with Crippen LogP contribution in [0.2, 0.25) is 0 Å². The molecule has 2 heteroatoms. The monoisotopic (exact) mass is 208 g/mol. The molecule has 0 radical (unpaired) electrons. The number of hydrogen-bond donors (Lipinski definition) is 0. The highest BCUT2D eigenvalue weighted by Crippen LogP contribution is 2.28. The first-order valence-corrected chi connectivity index (χ1v) is 5.25. The number of halogens is 1. The summed E-state index contributed by atoms with van der Waals surface area (Å²) in [6, 6.07) is 6.53. The maximum Gasteiger partial charge on any atom is 0.130 e. The Balaban J connectivity index is 2.93. The zero-order valence-corrected chi connectivity index (χ0v) is 9.46. The Morgan fingerprint density at radius 1 is 1.40 bits per heavy atom. The van der Waals surface area contributed by atoms with Crippen LogP contribution in [0.5, 0.6) is 0 Å². The predicted molar refractivity (Wildman–Crippen MR) is 59.3 cm³/mol. The molecule has 0 aliphatic heterocycles. The zero-order chi connectivity index (χ0) is 11.4. The summed E-state index contributed by atoms with van der Waals surface area (Å²) in [7, 11) is 0. The van der Waals surface area contributed by atoms with Crippen LogP contribution in [0.1, 0.15) is 38.7 Å². The van der Waals surface area contributed by atoms with Crippen LogP contribution in [0, 0.1) is 11.7 Å². The van der Waals surface area contributed by atoms with E-state index in [1.807, 2.05) is 6.07 Å². The van der Waals surface area contributed by atoms with Gasteiger partial charge in [0.05, 0.1) is 0 Å². The summed E-state index contributed by atoms with van der Waals surface area (Å²) in [5.41, 5.74) is 0.917. The Bertz CT molecular complexity index is 344. The van der Waals surface area contributed by atoms with Gasteiger partial charge in [0.2, 0.25) is 0 Å². The molecular weight excluding hydrogens is 191 g/mol. The molecule has 0 saturated heterocycles. The van der Waals surface area contributed by atoms with E-state index in [9.17, 15) is 9.18 Å². The second kappa shape index (κ2) is 5.06. The van der Waals surface area contributed by atoms with Crippen LogP contribution in [0.4, 0.5) is 4.39 Å². The second-order valence-electron chi connectivity index (χ2n) is 4.31. The van der Waals surface area contributed by atoms with Crippen LogP contribution >= 0.6 is 0 Å². The number of hydrogen-bond acceptors (Lipinski definition) is 1. The molecule has 82 valence electrons. The average Bonchev–Trinajstić information content (AvgIpc) is 2.13. The molecule has 1 rings (SSSR count). The number of carbonyl (C=O) groups excluding carboxylic acids is 1. The van der Waals surface area contributed by atoms with Crippen LogP contribution in [0.25, 0.3) is 0 Å². The lowest BCUT2D eigenvalue weighted by molar-refractivity contribution is -0.117. The maximum atomic E-state index is 13.0. The molecule has 0 fully saturated rings. The molecule has 1 unspecified atom stereocenters. The van der Waals surface area contributed by atoms with E-state index < -0.39 is 0 Å². The molecule has 0 bridgehead atoms. The second-order valence-corrected chi connectivity index (χ2v) is 4.31. The van der Waals surface area contributed by atoms with Crippen molar-refractivity contribution < 1.29 is 9.18 Å². The topological polar surface area (TPSA) is 17.1 Å². The van der Waals surface area contributed by atoms with Gasteiger partial charge in [-0.05, 0) is 36.5 Å². The van der Waals surface area contributed by atoms with E-state index in [0.29, 0.717) is 12.3 Å². The van der Waals surface area contributed by atoms with Gasteiger partial charge in [0.25, 0.3) is 0 Å². The normalized spacial score (nSPS) is 12.9. The fraction of sp³-hybridized carbons (Fsp3) is 0.462. The molecular formula is C13H17FO. The Morgan fingerprint density at radius 3 is 2.53 bits per heavy atom. The minimum absolute atomic E-state index is 0.123. The van der Waals surface area contributed by atoms with E-state index in [-0.39, 0.29) is 17.5 Å².